The number of hydrogen-bond donors (Lipinski definition) is 1. The van der Waals surface area contributed by atoms with Gasteiger partial charge in [-0.3, -0.25) is 4.79 Å². The predicted molar refractivity (Wildman–Crippen MR) is 117 cm³/mol. The third kappa shape index (κ3) is 4.46. The van der Waals surface area contributed by atoms with Gasteiger partial charge in [0.1, 0.15) is 10.0 Å². The van der Waals surface area contributed by atoms with Gasteiger partial charge in [0, 0.05) is 28.4 Å². The third-order valence-corrected chi connectivity index (χ3v) is 9.13. The number of rotatable bonds is 6. The molecule has 1 aliphatic heterocycles. The van der Waals surface area contributed by atoms with Gasteiger partial charge in [0.05, 0.1) is 12.1 Å². The standard InChI is InChI=1S/C20H20FN3O3S3/c1-13-19(14-4-6-15(21)7-5-14)23-20(28-13)22-17(25)12-16-8-9-18(29-16)30(26,27)24-10-2-3-11-24/h4-9H,2-3,10-12H2,1H3,(H,22,23,25). The lowest BCUT2D eigenvalue weighted by Crippen LogP contribution is -2.27. The number of nitrogens with zero attached hydrogens (tertiary/aromatic N) is 2. The molecule has 4 rings (SSSR count). The summed E-state index contributed by atoms with van der Waals surface area (Å²) in [6, 6.07) is 9.30. The molecule has 0 bridgehead atoms. The van der Waals surface area contributed by atoms with E-state index in [0.29, 0.717) is 28.8 Å². The van der Waals surface area contributed by atoms with Crippen molar-refractivity contribution < 1.29 is 17.6 Å². The molecule has 0 atom stereocenters. The van der Waals surface area contributed by atoms with Crippen LogP contribution in [0.3, 0.4) is 0 Å². The Balaban J connectivity index is 1.43. The molecule has 3 aromatic rings. The number of halogens is 1. The smallest absolute Gasteiger partial charge is 0.252 e. The van der Waals surface area contributed by atoms with E-state index in [2.05, 4.69) is 10.3 Å². The second-order valence-electron chi connectivity index (χ2n) is 6.99. The van der Waals surface area contributed by atoms with E-state index in [1.165, 1.54) is 27.8 Å². The number of thiophene rings is 1. The van der Waals surface area contributed by atoms with E-state index in [0.717, 1.165) is 34.6 Å². The summed E-state index contributed by atoms with van der Waals surface area (Å²) in [5.74, 6) is -0.580. The normalized spacial score (nSPS) is 14.9. The average molecular weight is 466 g/mol. The topological polar surface area (TPSA) is 79.4 Å². The second kappa shape index (κ2) is 8.54. The highest BCUT2D eigenvalue weighted by atomic mass is 32.2. The average Bonchev–Trinajstić information content (AvgIpc) is 3.44. The highest BCUT2D eigenvalue weighted by Crippen LogP contribution is 2.31. The Kier molecular flexibility index (Phi) is 6.01. The van der Waals surface area contributed by atoms with Gasteiger partial charge in [0.25, 0.3) is 10.0 Å². The molecule has 2 aromatic heterocycles. The molecule has 1 saturated heterocycles. The molecule has 0 spiro atoms. The van der Waals surface area contributed by atoms with Crippen molar-refractivity contribution in [3.8, 4) is 11.3 Å². The summed E-state index contributed by atoms with van der Waals surface area (Å²) in [4.78, 5) is 18.5. The highest BCUT2D eigenvalue weighted by Gasteiger charge is 2.28. The number of aromatic nitrogens is 1. The molecule has 10 heteroatoms. The third-order valence-electron chi connectivity index (χ3n) is 4.79. The van der Waals surface area contributed by atoms with Crippen molar-refractivity contribution in [2.45, 2.75) is 30.4 Å². The second-order valence-corrected chi connectivity index (χ2v) is 11.5. The number of aryl methyl sites for hydroxylation is 1. The number of carbonyl (C=O) groups is 1. The molecule has 1 fully saturated rings. The van der Waals surface area contributed by atoms with Gasteiger partial charge in [0.15, 0.2) is 5.13 Å². The number of nitrogens with one attached hydrogen (secondary N) is 1. The van der Waals surface area contributed by atoms with E-state index in [1.807, 2.05) is 6.92 Å². The number of hydrogen-bond acceptors (Lipinski definition) is 6. The molecule has 0 aliphatic carbocycles. The van der Waals surface area contributed by atoms with Gasteiger partial charge in [-0.1, -0.05) is 0 Å². The molecule has 1 amide bonds. The molecule has 30 heavy (non-hydrogen) atoms. The maximum absolute atomic E-state index is 13.1. The Labute approximate surface area is 182 Å². The molecule has 0 unspecified atom stereocenters. The van der Waals surface area contributed by atoms with Crippen molar-refractivity contribution in [2.24, 2.45) is 0 Å². The summed E-state index contributed by atoms with van der Waals surface area (Å²) in [7, 11) is -3.47. The van der Waals surface area contributed by atoms with E-state index in [-0.39, 0.29) is 22.4 Å². The number of amides is 1. The zero-order valence-corrected chi connectivity index (χ0v) is 18.7. The fourth-order valence-corrected chi connectivity index (χ4v) is 7.17. The van der Waals surface area contributed by atoms with Crippen LogP contribution in [0.1, 0.15) is 22.6 Å². The summed E-state index contributed by atoms with van der Waals surface area (Å²) >= 11 is 2.47. The lowest BCUT2D eigenvalue weighted by molar-refractivity contribution is -0.115. The van der Waals surface area contributed by atoms with E-state index < -0.39 is 10.0 Å². The molecule has 1 aliphatic rings. The first-order chi connectivity index (χ1) is 14.3. The van der Waals surface area contributed by atoms with Crippen LogP contribution in [0.2, 0.25) is 0 Å². The summed E-state index contributed by atoms with van der Waals surface area (Å²) < 4.78 is 40.2. The van der Waals surface area contributed by atoms with Crippen molar-refractivity contribution in [3.63, 3.8) is 0 Å². The minimum absolute atomic E-state index is 0.0741. The molecular formula is C20H20FN3O3S3. The molecular weight excluding hydrogens is 445 g/mol. The summed E-state index contributed by atoms with van der Waals surface area (Å²) in [5, 5.41) is 3.23. The molecule has 0 radical (unpaired) electrons. The van der Waals surface area contributed by atoms with E-state index in [9.17, 15) is 17.6 Å². The minimum Gasteiger partial charge on any atom is -0.302 e. The van der Waals surface area contributed by atoms with Gasteiger partial charge < -0.3 is 5.32 Å². The zero-order valence-electron chi connectivity index (χ0n) is 16.2. The monoisotopic (exact) mass is 465 g/mol. The molecule has 3 heterocycles. The lowest BCUT2D eigenvalue weighted by Gasteiger charge is -2.13. The molecule has 158 valence electrons. The fraction of sp³-hybridized carbons (Fsp3) is 0.300. The van der Waals surface area contributed by atoms with Crippen LogP contribution < -0.4 is 5.32 Å². The highest BCUT2D eigenvalue weighted by molar-refractivity contribution is 7.91. The first-order valence-corrected chi connectivity index (χ1v) is 12.5. The van der Waals surface area contributed by atoms with Crippen molar-refractivity contribution in [2.75, 3.05) is 18.4 Å². The van der Waals surface area contributed by atoms with Crippen LogP contribution in [-0.2, 0) is 21.2 Å². The van der Waals surface area contributed by atoms with Gasteiger partial charge in [-0.05, 0) is 56.2 Å². The minimum atomic E-state index is -3.47. The van der Waals surface area contributed by atoms with Gasteiger partial charge >= 0.3 is 0 Å². The van der Waals surface area contributed by atoms with Crippen LogP contribution in [0, 0.1) is 12.7 Å². The van der Waals surface area contributed by atoms with Crippen LogP contribution >= 0.6 is 22.7 Å². The van der Waals surface area contributed by atoms with Crippen LogP contribution in [0.5, 0.6) is 0 Å². The van der Waals surface area contributed by atoms with Gasteiger partial charge in [-0.15, -0.1) is 22.7 Å². The van der Waals surface area contributed by atoms with Gasteiger partial charge in [-0.25, -0.2) is 17.8 Å². The summed E-state index contributed by atoms with van der Waals surface area (Å²) in [6.07, 6.45) is 1.84. The van der Waals surface area contributed by atoms with Crippen molar-refractivity contribution in [3.05, 3.63) is 52.0 Å². The van der Waals surface area contributed by atoms with Gasteiger partial charge in [0.2, 0.25) is 5.91 Å². The number of benzene rings is 1. The van der Waals surface area contributed by atoms with Gasteiger partial charge in [-0.2, -0.15) is 4.31 Å². The Hall–Kier alpha value is -2.14. The first kappa shape index (κ1) is 21.1. The maximum atomic E-state index is 13.1. The first-order valence-electron chi connectivity index (χ1n) is 9.45. The lowest BCUT2D eigenvalue weighted by atomic mass is 10.1. The number of thiazole rings is 1. The quantitative estimate of drug-likeness (QED) is 0.589. The SMILES string of the molecule is Cc1sc(NC(=O)Cc2ccc(S(=O)(=O)N3CCCC3)s2)nc1-c1ccc(F)cc1. The number of carbonyl (C=O) groups excluding carboxylic acids is 1. The van der Waals surface area contributed by atoms with E-state index >= 15 is 0 Å². The Bertz CT molecular complexity index is 1160. The van der Waals surface area contributed by atoms with Crippen LogP contribution in [0.25, 0.3) is 11.3 Å². The van der Waals surface area contributed by atoms with Crippen LogP contribution in [0.15, 0.2) is 40.6 Å². The molecule has 6 nitrogen and oxygen atoms in total. The molecule has 1 aromatic carbocycles. The van der Waals surface area contributed by atoms with Crippen molar-refractivity contribution in [1.29, 1.82) is 0 Å². The summed E-state index contributed by atoms with van der Waals surface area (Å²) in [6.45, 7) is 2.99. The van der Waals surface area contributed by atoms with E-state index in [4.69, 9.17) is 0 Å². The maximum Gasteiger partial charge on any atom is 0.252 e. The number of sulfonamides is 1. The van der Waals surface area contributed by atoms with Crippen molar-refractivity contribution in [1.82, 2.24) is 9.29 Å². The number of anilines is 1. The Morgan fingerprint density at radius 3 is 2.53 bits per heavy atom. The Morgan fingerprint density at radius 2 is 1.83 bits per heavy atom. The van der Waals surface area contributed by atoms with Crippen molar-refractivity contribution >= 4 is 43.7 Å². The largest absolute Gasteiger partial charge is 0.302 e. The van der Waals surface area contributed by atoms with Crippen LogP contribution in [-0.4, -0.2) is 36.7 Å². The molecule has 0 saturated carbocycles. The summed E-state index contributed by atoms with van der Waals surface area (Å²) in [5.41, 5.74) is 1.48. The van der Waals surface area contributed by atoms with E-state index in [1.54, 1.807) is 24.3 Å². The Morgan fingerprint density at radius 1 is 1.13 bits per heavy atom. The fourth-order valence-electron chi connectivity index (χ4n) is 3.29. The molecule has 1 N–H and O–H groups in total. The zero-order chi connectivity index (χ0) is 21.3. The van der Waals surface area contributed by atoms with Crippen LogP contribution in [0.4, 0.5) is 9.52 Å². The predicted octanol–water partition coefficient (Wildman–Crippen LogP) is 4.28.